The lowest BCUT2D eigenvalue weighted by atomic mass is 10.2. The number of nitrogen functional groups attached to an aromatic ring is 1. The molecule has 3 N–H and O–H groups in total. The molecule has 1 unspecified atom stereocenters. The van der Waals surface area contributed by atoms with Crippen LogP contribution in [0, 0.1) is 0 Å². The molecule has 0 radical (unpaired) electrons. The van der Waals surface area contributed by atoms with Crippen molar-refractivity contribution in [3.8, 4) is 0 Å². The average Bonchev–Trinajstić information content (AvgIpc) is 2.75. The fraction of sp³-hybridized carbons (Fsp3) is 0.500. The molecule has 0 spiro atoms. The first-order valence-electron chi connectivity index (χ1n) is 6.07. The number of aliphatic hydroxyl groups is 1. The number of rotatable bonds is 3. The lowest BCUT2D eigenvalue weighted by Gasteiger charge is -2.21. The molecule has 0 saturated carbocycles. The van der Waals surface area contributed by atoms with Crippen molar-refractivity contribution in [2.24, 2.45) is 0 Å². The Kier molecular flexibility index (Phi) is 3.71. The smallest absolute Gasteiger partial charge is 0.242 e. The summed E-state index contributed by atoms with van der Waals surface area (Å²) >= 11 is 0. The number of anilines is 2. The molecule has 1 heterocycles. The average molecular weight is 285 g/mol. The molecule has 6 nitrogen and oxygen atoms in total. The molecule has 1 aliphatic heterocycles. The molecular weight excluding hydrogens is 266 g/mol. The second-order valence-corrected chi connectivity index (χ2v) is 7.05. The SMILES string of the molecule is CN(C)S(=O)(=O)c1ccc(N2CCC(O)C2)c(N)c1. The van der Waals surface area contributed by atoms with Crippen LogP contribution in [0.4, 0.5) is 11.4 Å². The lowest BCUT2D eigenvalue weighted by Crippen LogP contribution is -2.24. The molecule has 1 fully saturated rings. The summed E-state index contributed by atoms with van der Waals surface area (Å²) in [6.07, 6.45) is 0.363. The Morgan fingerprint density at radius 2 is 2.11 bits per heavy atom. The second-order valence-electron chi connectivity index (χ2n) is 4.90. The molecule has 1 saturated heterocycles. The van der Waals surface area contributed by atoms with Gasteiger partial charge in [0.05, 0.1) is 22.4 Å². The van der Waals surface area contributed by atoms with Crippen LogP contribution >= 0.6 is 0 Å². The maximum atomic E-state index is 12.0. The summed E-state index contributed by atoms with van der Waals surface area (Å²) in [5, 5.41) is 9.52. The van der Waals surface area contributed by atoms with Crippen molar-refractivity contribution in [2.75, 3.05) is 37.8 Å². The van der Waals surface area contributed by atoms with Crippen LogP contribution in [0.25, 0.3) is 0 Å². The Bertz CT molecular complexity index is 572. The van der Waals surface area contributed by atoms with Crippen LogP contribution in [0.2, 0.25) is 0 Å². The van der Waals surface area contributed by atoms with Gasteiger partial charge in [-0.2, -0.15) is 0 Å². The van der Waals surface area contributed by atoms with Gasteiger partial charge in [0.2, 0.25) is 10.0 Å². The molecular formula is C12H19N3O3S. The van der Waals surface area contributed by atoms with E-state index in [1.807, 2.05) is 4.90 Å². The number of nitrogens with zero attached hydrogens (tertiary/aromatic N) is 2. The van der Waals surface area contributed by atoms with Crippen molar-refractivity contribution in [3.63, 3.8) is 0 Å². The number of aliphatic hydroxyl groups excluding tert-OH is 1. The molecule has 106 valence electrons. The van der Waals surface area contributed by atoms with Crippen LogP contribution in [0.1, 0.15) is 6.42 Å². The molecule has 1 aromatic rings. The molecule has 0 amide bonds. The minimum Gasteiger partial charge on any atom is -0.397 e. The van der Waals surface area contributed by atoms with Crippen LogP contribution in [-0.2, 0) is 10.0 Å². The van der Waals surface area contributed by atoms with Crippen molar-refractivity contribution in [1.29, 1.82) is 0 Å². The van der Waals surface area contributed by atoms with Gasteiger partial charge >= 0.3 is 0 Å². The van der Waals surface area contributed by atoms with Gasteiger partial charge in [0.1, 0.15) is 0 Å². The third-order valence-corrected chi connectivity index (χ3v) is 5.09. The van der Waals surface area contributed by atoms with E-state index < -0.39 is 10.0 Å². The normalized spacial score (nSPS) is 20.2. The van der Waals surface area contributed by atoms with Gasteiger partial charge in [-0.05, 0) is 24.6 Å². The van der Waals surface area contributed by atoms with Crippen molar-refractivity contribution >= 4 is 21.4 Å². The van der Waals surface area contributed by atoms with Gasteiger partial charge in [-0.3, -0.25) is 0 Å². The highest BCUT2D eigenvalue weighted by molar-refractivity contribution is 7.89. The Balaban J connectivity index is 2.33. The van der Waals surface area contributed by atoms with Gasteiger partial charge in [0.15, 0.2) is 0 Å². The third kappa shape index (κ3) is 2.68. The summed E-state index contributed by atoms with van der Waals surface area (Å²) in [5.74, 6) is 0. The number of sulfonamides is 1. The first-order valence-corrected chi connectivity index (χ1v) is 7.51. The fourth-order valence-corrected chi connectivity index (χ4v) is 3.09. The quantitative estimate of drug-likeness (QED) is 0.769. The topological polar surface area (TPSA) is 86.9 Å². The van der Waals surface area contributed by atoms with Gasteiger partial charge in [-0.1, -0.05) is 0 Å². The van der Waals surface area contributed by atoms with Crippen LogP contribution < -0.4 is 10.6 Å². The van der Waals surface area contributed by atoms with E-state index in [2.05, 4.69) is 0 Å². The maximum Gasteiger partial charge on any atom is 0.242 e. The Morgan fingerprint density at radius 1 is 1.42 bits per heavy atom. The fourth-order valence-electron chi connectivity index (χ4n) is 2.15. The summed E-state index contributed by atoms with van der Waals surface area (Å²) in [6.45, 7) is 1.26. The van der Waals surface area contributed by atoms with Crippen molar-refractivity contribution in [2.45, 2.75) is 17.4 Å². The van der Waals surface area contributed by atoms with E-state index in [0.29, 0.717) is 18.7 Å². The second kappa shape index (κ2) is 4.99. The highest BCUT2D eigenvalue weighted by Gasteiger charge is 2.24. The molecule has 0 aliphatic carbocycles. The molecule has 1 atom stereocenters. The van der Waals surface area contributed by atoms with E-state index in [0.717, 1.165) is 16.5 Å². The summed E-state index contributed by atoms with van der Waals surface area (Å²) < 4.78 is 25.1. The summed E-state index contributed by atoms with van der Waals surface area (Å²) in [4.78, 5) is 2.14. The maximum absolute atomic E-state index is 12.0. The minimum atomic E-state index is -3.47. The van der Waals surface area contributed by atoms with E-state index in [1.165, 1.54) is 20.2 Å². The highest BCUT2D eigenvalue weighted by atomic mass is 32.2. The minimum absolute atomic E-state index is 0.179. The van der Waals surface area contributed by atoms with Gasteiger partial charge < -0.3 is 15.7 Å². The van der Waals surface area contributed by atoms with Gasteiger partial charge in [-0.15, -0.1) is 0 Å². The molecule has 1 aromatic carbocycles. The van der Waals surface area contributed by atoms with Gasteiger partial charge in [0.25, 0.3) is 0 Å². The lowest BCUT2D eigenvalue weighted by molar-refractivity contribution is 0.198. The molecule has 1 aliphatic rings. The summed E-state index contributed by atoms with van der Waals surface area (Å²) in [5.41, 5.74) is 7.12. The Morgan fingerprint density at radius 3 is 2.58 bits per heavy atom. The zero-order chi connectivity index (χ0) is 14.2. The zero-order valence-corrected chi connectivity index (χ0v) is 11.9. The van der Waals surface area contributed by atoms with Crippen molar-refractivity contribution < 1.29 is 13.5 Å². The Hall–Kier alpha value is -1.31. The van der Waals surface area contributed by atoms with E-state index in [4.69, 9.17) is 5.73 Å². The molecule has 7 heteroatoms. The number of hydrogen-bond acceptors (Lipinski definition) is 5. The molecule has 2 rings (SSSR count). The summed E-state index contributed by atoms with van der Waals surface area (Å²) in [6, 6.07) is 4.71. The predicted octanol–water partition coefficient (Wildman–Crippen LogP) is 0.0901. The first kappa shape index (κ1) is 14.1. The van der Waals surface area contributed by atoms with Crippen LogP contribution in [0.15, 0.2) is 23.1 Å². The van der Waals surface area contributed by atoms with Crippen LogP contribution in [-0.4, -0.2) is 51.1 Å². The third-order valence-electron chi connectivity index (χ3n) is 3.28. The molecule has 19 heavy (non-hydrogen) atoms. The number of benzene rings is 1. The van der Waals surface area contributed by atoms with Crippen LogP contribution in [0.3, 0.4) is 0 Å². The standard InChI is InChI=1S/C12H19N3O3S/c1-14(2)19(17,18)10-3-4-12(11(13)7-10)15-6-5-9(16)8-15/h3-4,7,9,16H,5-6,8,13H2,1-2H3. The number of nitrogens with two attached hydrogens (primary N) is 1. The van der Waals surface area contributed by atoms with Gasteiger partial charge in [-0.25, -0.2) is 12.7 Å². The largest absolute Gasteiger partial charge is 0.397 e. The monoisotopic (exact) mass is 285 g/mol. The van der Waals surface area contributed by atoms with Gasteiger partial charge in [0, 0.05) is 27.2 Å². The van der Waals surface area contributed by atoms with Crippen molar-refractivity contribution in [3.05, 3.63) is 18.2 Å². The van der Waals surface area contributed by atoms with E-state index in [-0.39, 0.29) is 11.0 Å². The first-order chi connectivity index (χ1) is 8.82. The van der Waals surface area contributed by atoms with E-state index >= 15 is 0 Å². The number of β-amino-alcohol motifs (C(OH)–C–C–N with tert-alkyl or cyclic N) is 1. The predicted molar refractivity (Wildman–Crippen MR) is 74.6 cm³/mol. The molecule has 0 aromatic heterocycles. The zero-order valence-electron chi connectivity index (χ0n) is 11.1. The number of hydrogen-bond donors (Lipinski definition) is 2. The highest BCUT2D eigenvalue weighted by Crippen LogP contribution is 2.29. The van der Waals surface area contributed by atoms with Crippen molar-refractivity contribution in [1.82, 2.24) is 4.31 Å². The summed E-state index contributed by atoms with van der Waals surface area (Å²) in [7, 11) is -0.500. The Labute approximate surface area is 113 Å². The molecule has 0 bridgehead atoms. The van der Waals surface area contributed by atoms with E-state index in [1.54, 1.807) is 12.1 Å². The van der Waals surface area contributed by atoms with Crippen LogP contribution in [0.5, 0.6) is 0 Å². The van der Waals surface area contributed by atoms with E-state index in [9.17, 15) is 13.5 Å².